The average Bonchev–Trinajstić information content (AvgIpc) is 2.32. The third-order valence-corrected chi connectivity index (χ3v) is 2.81. The van der Waals surface area contributed by atoms with Crippen LogP contribution in [-0.4, -0.2) is 54.6 Å². The predicted octanol–water partition coefficient (Wildman–Crippen LogP) is 1.80. The highest BCUT2D eigenvalue weighted by molar-refractivity contribution is 5.77. The van der Waals surface area contributed by atoms with Crippen molar-refractivity contribution >= 4 is 11.8 Å². The van der Waals surface area contributed by atoms with E-state index in [-0.39, 0.29) is 5.78 Å². The van der Waals surface area contributed by atoms with Crippen molar-refractivity contribution < 1.29 is 19.4 Å². The van der Waals surface area contributed by atoms with Crippen molar-refractivity contribution in [3.63, 3.8) is 0 Å². The first-order valence-corrected chi connectivity index (χ1v) is 6.99. The quantitative estimate of drug-likeness (QED) is 0.549. The zero-order valence-electron chi connectivity index (χ0n) is 12.4. The molecule has 0 heterocycles. The van der Waals surface area contributed by atoms with Gasteiger partial charge in [0, 0.05) is 26.3 Å². The van der Waals surface area contributed by atoms with E-state index in [0.29, 0.717) is 26.2 Å². The zero-order valence-corrected chi connectivity index (χ0v) is 12.4. The van der Waals surface area contributed by atoms with E-state index in [2.05, 4.69) is 6.92 Å². The maximum absolute atomic E-state index is 11.2. The number of carbonyl (C=O) groups is 2. The molecule has 5 nitrogen and oxygen atoms in total. The summed E-state index contributed by atoms with van der Waals surface area (Å²) >= 11 is 0. The average molecular weight is 273 g/mol. The van der Waals surface area contributed by atoms with Gasteiger partial charge in [-0.05, 0) is 19.8 Å². The maximum atomic E-state index is 11.2. The summed E-state index contributed by atoms with van der Waals surface area (Å²) in [5.41, 5.74) is 0. The number of hydrogen-bond donors (Lipinski definition) is 1. The Labute approximate surface area is 115 Å². The third kappa shape index (κ3) is 10.7. The fourth-order valence-corrected chi connectivity index (χ4v) is 1.75. The molecule has 0 aliphatic heterocycles. The van der Waals surface area contributed by atoms with Gasteiger partial charge in [-0.15, -0.1) is 0 Å². The molecule has 1 atom stereocenters. The first-order valence-electron chi connectivity index (χ1n) is 6.99. The second kappa shape index (κ2) is 10.9. The molecular formula is C14H27NO4. The fraction of sp³-hybridized carbons (Fsp3) is 0.857. The molecule has 0 rings (SSSR count). The molecular weight excluding hydrogens is 246 g/mol. The van der Waals surface area contributed by atoms with Gasteiger partial charge in [-0.25, -0.2) is 0 Å². The predicted molar refractivity (Wildman–Crippen MR) is 74.3 cm³/mol. The Morgan fingerprint density at radius 3 is 2.42 bits per heavy atom. The lowest BCUT2D eigenvalue weighted by Crippen LogP contribution is -2.36. The minimum atomic E-state index is -0.826. The largest absolute Gasteiger partial charge is 0.481 e. The molecule has 0 fully saturated rings. The number of carbonyl (C=O) groups excluding carboxylic acids is 1. The Morgan fingerprint density at radius 2 is 1.89 bits per heavy atom. The third-order valence-electron chi connectivity index (χ3n) is 2.81. The van der Waals surface area contributed by atoms with Crippen LogP contribution < -0.4 is 0 Å². The lowest BCUT2D eigenvalue weighted by atomic mass is 10.1. The molecule has 0 aliphatic rings. The van der Waals surface area contributed by atoms with E-state index in [1.54, 1.807) is 6.92 Å². The Balaban J connectivity index is 3.93. The van der Waals surface area contributed by atoms with E-state index in [9.17, 15) is 9.59 Å². The number of hydrogen-bond acceptors (Lipinski definition) is 4. The summed E-state index contributed by atoms with van der Waals surface area (Å²) in [4.78, 5) is 23.9. The highest BCUT2D eigenvalue weighted by Crippen LogP contribution is 2.02. The van der Waals surface area contributed by atoms with Gasteiger partial charge in [-0.2, -0.15) is 0 Å². The van der Waals surface area contributed by atoms with Crippen LogP contribution in [0.25, 0.3) is 0 Å². The van der Waals surface area contributed by atoms with Crippen molar-refractivity contribution in [3.05, 3.63) is 0 Å². The molecule has 0 aromatic rings. The monoisotopic (exact) mass is 273 g/mol. The van der Waals surface area contributed by atoms with E-state index >= 15 is 0 Å². The van der Waals surface area contributed by atoms with Crippen molar-refractivity contribution in [1.82, 2.24) is 4.90 Å². The van der Waals surface area contributed by atoms with Crippen LogP contribution >= 0.6 is 0 Å². The lowest BCUT2D eigenvalue weighted by molar-refractivity contribution is -0.142. The lowest BCUT2D eigenvalue weighted by Gasteiger charge is -2.22. The van der Waals surface area contributed by atoms with Gasteiger partial charge in [0.2, 0.25) is 0 Å². The SMILES string of the molecule is CCCCOCCCN(CC(C)=O)CC(C)C(=O)O. The fourth-order valence-electron chi connectivity index (χ4n) is 1.75. The van der Waals surface area contributed by atoms with E-state index in [1.807, 2.05) is 4.90 Å². The normalized spacial score (nSPS) is 12.6. The number of carboxylic acid groups (broad SMARTS) is 1. The van der Waals surface area contributed by atoms with Gasteiger partial charge >= 0.3 is 5.97 Å². The van der Waals surface area contributed by atoms with Crippen LogP contribution in [0.5, 0.6) is 0 Å². The number of ketones is 1. The minimum absolute atomic E-state index is 0.0597. The summed E-state index contributed by atoms with van der Waals surface area (Å²) in [5, 5.41) is 8.90. The molecule has 0 radical (unpaired) electrons. The maximum Gasteiger partial charge on any atom is 0.307 e. The van der Waals surface area contributed by atoms with Crippen LogP contribution in [-0.2, 0) is 14.3 Å². The summed E-state index contributed by atoms with van der Waals surface area (Å²) in [6.45, 7) is 8.15. The van der Waals surface area contributed by atoms with Gasteiger partial charge in [0.1, 0.15) is 5.78 Å². The highest BCUT2D eigenvalue weighted by atomic mass is 16.5. The van der Waals surface area contributed by atoms with Gasteiger partial charge in [-0.3, -0.25) is 14.5 Å². The van der Waals surface area contributed by atoms with Gasteiger partial charge in [0.25, 0.3) is 0 Å². The molecule has 1 unspecified atom stereocenters. The molecule has 0 aromatic heterocycles. The van der Waals surface area contributed by atoms with E-state index in [1.165, 1.54) is 6.92 Å². The summed E-state index contributed by atoms with van der Waals surface area (Å²) in [6.07, 6.45) is 3.00. The summed E-state index contributed by atoms with van der Waals surface area (Å²) < 4.78 is 5.45. The molecule has 0 bridgehead atoms. The number of aliphatic carboxylic acids is 1. The molecule has 19 heavy (non-hydrogen) atoms. The molecule has 1 N–H and O–H groups in total. The number of rotatable bonds is 12. The van der Waals surface area contributed by atoms with Crippen LogP contribution in [0.1, 0.15) is 40.0 Å². The second-order valence-corrected chi connectivity index (χ2v) is 5.00. The molecule has 5 heteroatoms. The first kappa shape index (κ1) is 18.1. The number of nitrogens with zero attached hydrogens (tertiary/aromatic N) is 1. The Hall–Kier alpha value is -0.940. The van der Waals surface area contributed by atoms with Gasteiger partial charge in [0.05, 0.1) is 12.5 Å². The number of ether oxygens (including phenoxy) is 1. The first-order chi connectivity index (χ1) is 8.97. The molecule has 112 valence electrons. The van der Waals surface area contributed by atoms with Crippen LogP contribution in [0.3, 0.4) is 0 Å². The van der Waals surface area contributed by atoms with Crippen molar-refractivity contribution in [3.8, 4) is 0 Å². The van der Waals surface area contributed by atoms with E-state index < -0.39 is 11.9 Å². The molecule has 0 aliphatic carbocycles. The Bertz CT molecular complexity index is 268. The summed E-state index contributed by atoms with van der Waals surface area (Å²) in [5.74, 6) is -1.22. The molecule has 0 spiro atoms. The topological polar surface area (TPSA) is 66.8 Å². The van der Waals surface area contributed by atoms with Gasteiger partial charge in [0.15, 0.2) is 0 Å². The van der Waals surface area contributed by atoms with Crippen molar-refractivity contribution in [1.29, 1.82) is 0 Å². The van der Waals surface area contributed by atoms with Crippen LogP contribution in [0.15, 0.2) is 0 Å². The Morgan fingerprint density at radius 1 is 1.26 bits per heavy atom. The molecule has 0 amide bonds. The highest BCUT2D eigenvalue weighted by Gasteiger charge is 2.16. The van der Waals surface area contributed by atoms with Crippen LogP contribution in [0.4, 0.5) is 0 Å². The van der Waals surface area contributed by atoms with E-state index in [4.69, 9.17) is 9.84 Å². The zero-order chi connectivity index (χ0) is 14.7. The summed E-state index contributed by atoms with van der Waals surface area (Å²) in [7, 11) is 0. The van der Waals surface area contributed by atoms with Crippen LogP contribution in [0, 0.1) is 5.92 Å². The smallest absolute Gasteiger partial charge is 0.307 e. The van der Waals surface area contributed by atoms with Crippen molar-refractivity contribution in [2.75, 3.05) is 32.8 Å². The minimum Gasteiger partial charge on any atom is -0.481 e. The van der Waals surface area contributed by atoms with Crippen LogP contribution in [0.2, 0.25) is 0 Å². The number of carboxylic acids is 1. The van der Waals surface area contributed by atoms with Gasteiger partial charge in [-0.1, -0.05) is 20.3 Å². The molecule has 0 saturated heterocycles. The molecule has 0 saturated carbocycles. The Kier molecular flexibility index (Phi) is 10.4. The van der Waals surface area contributed by atoms with Crippen molar-refractivity contribution in [2.45, 2.75) is 40.0 Å². The number of Topliss-reactive ketones (excluding diaryl/α,β-unsaturated/α-hetero) is 1. The summed E-state index contributed by atoms with van der Waals surface area (Å²) in [6, 6.07) is 0. The van der Waals surface area contributed by atoms with Gasteiger partial charge < -0.3 is 9.84 Å². The second-order valence-electron chi connectivity index (χ2n) is 5.00. The standard InChI is InChI=1S/C14H27NO4/c1-4-5-8-19-9-6-7-15(11-13(3)16)10-12(2)14(17)18/h12H,4-11H2,1-3H3,(H,17,18). The van der Waals surface area contributed by atoms with Crippen molar-refractivity contribution in [2.24, 2.45) is 5.92 Å². The molecule has 0 aromatic carbocycles. The number of unbranched alkanes of at least 4 members (excludes halogenated alkanes) is 1. The van der Waals surface area contributed by atoms with E-state index in [0.717, 1.165) is 25.9 Å².